The number of nitrogens with zero attached hydrogens (tertiary/aromatic N) is 7. The Bertz CT molecular complexity index is 1080. The van der Waals surface area contributed by atoms with Gasteiger partial charge >= 0.3 is 0 Å². The normalized spacial score (nSPS) is 11.2. The van der Waals surface area contributed by atoms with E-state index in [-0.39, 0.29) is 12.5 Å². The average molecular weight is 368 g/mol. The van der Waals surface area contributed by atoms with Crippen LogP contribution in [-0.4, -0.2) is 40.6 Å². The van der Waals surface area contributed by atoms with Crippen LogP contribution in [0.15, 0.2) is 30.3 Å². The number of carbonyl (C=O) groups is 1. The second-order valence-electron chi connectivity index (χ2n) is 5.76. The number of fused-ring (bicyclic) bond motifs is 1. The molecule has 9 nitrogen and oxygen atoms in total. The minimum Gasteiger partial charge on any atom is -0.306 e. The Kier molecular flexibility index (Phi) is 4.17. The Morgan fingerprint density at radius 2 is 2.15 bits per heavy atom. The van der Waals surface area contributed by atoms with Gasteiger partial charge in [-0.05, 0) is 24.8 Å². The third-order valence-corrected chi connectivity index (χ3v) is 4.90. The van der Waals surface area contributed by atoms with E-state index in [1.807, 2.05) is 13.8 Å². The first-order valence-electron chi connectivity index (χ1n) is 8.05. The molecule has 0 saturated carbocycles. The smallest absolute Gasteiger partial charge is 0.247 e. The van der Waals surface area contributed by atoms with Crippen LogP contribution in [0.4, 0.5) is 5.82 Å². The molecular weight excluding hydrogens is 352 g/mol. The summed E-state index contributed by atoms with van der Waals surface area (Å²) in [6.45, 7) is 4.76. The first kappa shape index (κ1) is 16.3. The molecule has 0 spiro atoms. The highest BCUT2D eigenvalue weighted by Gasteiger charge is 2.13. The van der Waals surface area contributed by atoms with Gasteiger partial charge in [-0.15, -0.1) is 16.4 Å². The summed E-state index contributed by atoms with van der Waals surface area (Å²) in [6, 6.07) is 0. The van der Waals surface area contributed by atoms with Crippen LogP contribution in [0.1, 0.15) is 12.5 Å². The van der Waals surface area contributed by atoms with Crippen molar-refractivity contribution >= 4 is 33.3 Å². The first-order chi connectivity index (χ1) is 12.6. The second kappa shape index (κ2) is 6.64. The van der Waals surface area contributed by atoms with Crippen LogP contribution in [0.2, 0.25) is 0 Å². The molecule has 1 N–H and O–H groups in total. The lowest BCUT2D eigenvalue weighted by Gasteiger charge is -2.02. The Hall–Kier alpha value is -3.14. The molecule has 1 amide bonds. The molecule has 4 rings (SSSR count). The summed E-state index contributed by atoms with van der Waals surface area (Å²) in [6.07, 6.45) is 6.75. The van der Waals surface area contributed by atoms with Crippen molar-refractivity contribution in [2.45, 2.75) is 26.9 Å². The number of hydrogen-bond donors (Lipinski definition) is 1. The van der Waals surface area contributed by atoms with Gasteiger partial charge < -0.3 is 5.32 Å². The van der Waals surface area contributed by atoms with Gasteiger partial charge in [0.15, 0.2) is 5.82 Å². The summed E-state index contributed by atoms with van der Waals surface area (Å²) in [4.78, 5) is 21.8. The van der Waals surface area contributed by atoms with Crippen molar-refractivity contribution in [1.29, 1.82) is 0 Å². The van der Waals surface area contributed by atoms with Crippen molar-refractivity contribution in [3.05, 3.63) is 35.9 Å². The monoisotopic (exact) mass is 368 g/mol. The minimum absolute atomic E-state index is 0.0792. The Morgan fingerprint density at radius 3 is 2.96 bits per heavy atom. The number of aromatic nitrogens is 7. The Morgan fingerprint density at radius 1 is 1.27 bits per heavy atom. The van der Waals surface area contributed by atoms with E-state index in [2.05, 4.69) is 36.1 Å². The Labute approximate surface area is 152 Å². The zero-order valence-corrected chi connectivity index (χ0v) is 15.1. The largest absolute Gasteiger partial charge is 0.306 e. The number of thiophene rings is 1. The van der Waals surface area contributed by atoms with E-state index in [1.165, 1.54) is 0 Å². The minimum atomic E-state index is -0.220. The summed E-state index contributed by atoms with van der Waals surface area (Å²) in [7, 11) is 0. The molecule has 4 heterocycles. The van der Waals surface area contributed by atoms with Crippen LogP contribution in [-0.2, 0) is 17.9 Å². The van der Waals surface area contributed by atoms with Crippen LogP contribution in [0, 0.1) is 6.92 Å². The summed E-state index contributed by atoms with van der Waals surface area (Å²) < 4.78 is 3.22. The standard InChI is InChI=1S/C16H16N8OS/c1-3-23-6-12(21-22-23)20-13(25)7-24-5-11(4-19-24)15-14-10(2)8-26-16(14)18-9-17-15/h4-6,8-9H,3,7H2,1-2H3,(H,20,25). The number of rotatable bonds is 5. The molecule has 0 saturated heterocycles. The Balaban J connectivity index is 1.52. The van der Waals surface area contributed by atoms with Gasteiger partial charge in [-0.1, -0.05) is 5.21 Å². The number of hydrogen-bond acceptors (Lipinski definition) is 7. The van der Waals surface area contributed by atoms with Gasteiger partial charge in [0.05, 0.1) is 18.1 Å². The molecule has 0 radical (unpaired) electrons. The number of aryl methyl sites for hydroxylation is 2. The number of amides is 1. The van der Waals surface area contributed by atoms with Gasteiger partial charge in [-0.3, -0.25) is 14.2 Å². The predicted molar refractivity (Wildman–Crippen MR) is 97.7 cm³/mol. The van der Waals surface area contributed by atoms with Gasteiger partial charge in [0, 0.05) is 23.7 Å². The highest BCUT2D eigenvalue weighted by atomic mass is 32.1. The maximum Gasteiger partial charge on any atom is 0.247 e. The van der Waals surface area contributed by atoms with Crippen molar-refractivity contribution in [1.82, 2.24) is 34.7 Å². The van der Waals surface area contributed by atoms with Crippen LogP contribution < -0.4 is 5.32 Å². The van der Waals surface area contributed by atoms with Crippen molar-refractivity contribution in [3.8, 4) is 11.3 Å². The molecule has 0 aliphatic rings. The van der Waals surface area contributed by atoms with E-state index in [4.69, 9.17) is 0 Å². The second-order valence-corrected chi connectivity index (χ2v) is 6.61. The van der Waals surface area contributed by atoms with E-state index < -0.39 is 0 Å². The lowest BCUT2D eigenvalue weighted by atomic mass is 10.1. The molecule has 0 bridgehead atoms. The van der Waals surface area contributed by atoms with Crippen molar-refractivity contribution in [2.75, 3.05) is 5.32 Å². The zero-order chi connectivity index (χ0) is 18.1. The average Bonchev–Trinajstić information content (AvgIpc) is 3.36. The van der Waals surface area contributed by atoms with Gasteiger partial charge in [-0.25, -0.2) is 9.97 Å². The van der Waals surface area contributed by atoms with Crippen molar-refractivity contribution in [3.63, 3.8) is 0 Å². The van der Waals surface area contributed by atoms with E-state index in [1.54, 1.807) is 45.6 Å². The fraction of sp³-hybridized carbons (Fsp3) is 0.250. The SMILES string of the molecule is CCn1cc(NC(=O)Cn2cc(-c3ncnc4scc(C)c34)cn2)nn1. The maximum atomic E-state index is 12.2. The van der Waals surface area contributed by atoms with E-state index in [0.29, 0.717) is 12.4 Å². The topological polar surface area (TPSA) is 103 Å². The number of carbonyl (C=O) groups excluding carboxylic acids is 1. The molecule has 0 aliphatic heterocycles. The molecule has 0 atom stereocenters. The molecule has 132 valence electrons. The van der Waals surface area contributed by atoms with E-state index >= 15 is 0 Å². The summed E-state index contributed by atoms with van der Waals surface area (Å²) in [5.41, 5.74) is 2.81. The molecule has 0 unspecified atom stereocenters. The van der Waals surface area contributed by atoms with Crippen LogP contribution in [0.25, 0.3) is 21.5 Å². The first-order valence-corrected chi connectivity index (χ1v) is 8.93. The van der Waals surface area contributed by atoms with Crippen LogP contribution in [0.5, 0.6) is 0 Å². The van der Waals surface area contributed by atoms with Gasteiger partial charge in [0.1, 0.15) is 17.7 Å². The highest BCUT2D eigenvalue weighted by Crippen LogP contribution is 2.31. The molecule has 4 aromatic heterocycles. The zero-order valence-electron chi connectivity index (χ0n) is 14.2. The third kappa shape index (κ3) is 3.06. The summed E-state index contributed by atoms with van der Waals surface area (Å²) in [5.74, 6) is 0.206. The maximum absolute atomic E-state index is 12.2. The lowest BCUT2D eigenvalue weighted by Crippen LogP contribution is -2.19. The van der Waals surface area contributed by atoms with Gasteiger partial charge in [-0.2, -0.15) is 5.10 Å². The molecule has 4 aromatic rings. The lowest BCUT2D eigenvalue weighted by molar-refractivity contribution is -0.116. The van der Waals surface area contributed by atoms with E-state index in [9.17, 15) is 4.79 Å². The molecular formula is C16H16N8OS. The highest BCUT2D eigenvalue weighted by molar-refractivity contribution is 7.17. The van der Waals surface area contributed by atoms with Crippen molar-refractivity contribution < 1.29 is 4.79 Å². The van der Waals surface area contributed by atoms with Gasteiger partial charge in [0.2, 0.25) is 5.91 Å². The number of nitrogens with one attached hydrogen (secondary N) is 1. The van der Waals surface area contributed by atoms with Crippen molar-refractivity contribution in [2.24, 2.45) is 0 Å². The molecule has 10 heteroatoms. The molecule has 0 fully saturated rings. The molecule has 0 aromatic carbocycles. The van der Waals surface area contributed by atoms with E-state index in [0.717, 1.165) is 27.0 Å². The van der Waals surface area contributed by atoms with Crippen LogP contribution in [0.3, 0.4) is 0 Å². The number of anilines is 1. The summed E-state index contributed by atoms with van der Waals surface area (Å²) >= 11 is 1.59. The molecule has 26 heavy (non-hydrogen) atoms. The quantitative estimate of drug-likeness (QED) is 0.579. The third-order valence-electron chi connectivity index (χ3n) is 3.90. The fourth-order valence-electron chi connectivity index (χ4n) is 2.65. The predicted octanol–water partition coefficient (Wildman–Crippen LogP) is 2.11. The van der Waals surface area contributed by atoms with Crippen LogP contribution >= 0.6 is 11.3 Å². The fourth-order valence-corrected chi connectivity index (χ4v) is 3.54. The summed E-state index contributed by atoms with van der Waals surface area (Å²) in [5, 5.41) is 17.9. The molecule has 0 aliphatic carbocycles. The van der Waals surface area contributed by atoms with Gasteiger partial charge in [0.25, 0.3) is 0 Å².